The Morgan fingerprint density at radius 1 is 1.35 bits per heavy atom. The van der Waals surface area contributed by atoms with E-state index in [0.717, 1.165) is 32.4 Å². The quantitative estimate of drug-likeness (QED) is 0.689. The van der Waals surface area contributed by atoms with Gasteiger partial charge in [-0.15, -0.1) is 0 Å². The van der Waals surface area contributed by atoms with Gasteiger partial charge in [-0.05, 0) is 46.0 Å². The fraction of sp³-hybridized carbons (Fsp3) is 0.786. The zero-order valence-corrected chi connectivity index (χ0v) is 11.5. The fourth-order valence-corrected chi connectivity index (χ4v) is 1.93. The number of carbonyl (C=O) groups is 1. The summed E-state index contributed by atoms with van der Waals surface area (Å²) < 4.78 is 5.36. The van der Waals surface area contributed by atoms with Crippen LogP contribution in [-0.2, 0) is 4.74 Å². The Hall–Kier alpha value is -0.990. The van der Waals surface area contributed by atoms with Gasteiger partial charge in [0.2, 0.25) is 0 Å². The molecule has 0 spiro atoms. The number of hydrogen-bond acceptors (Lipinski definition) is 2. The zero-order chi connectivity index (χ0) is 12.9. The van der Waals surface area contributed by atoms with E-state index in [9.17, 15) is 4.79 Å². The summed E-state index contributed by atoms with van der Waals surface area (Å²) in [7, 11) is 0. The molecule has 1 rings (SSSR count). The third kappa shape index (κ3) is 5.24. The van der Waals surface area contributed by atoms with Crippen molar-refractivity contribution in [1.29, 1.82) is 0 Å². The van der Waals surface area contributed by atoms with Crippen LogP contribution < -0.4 is 0 Å². The topological polar surface area (TPSA) is 29.5 Å². The van der Waals surface area contributed by atoms with E-state index in [1.54, 1.807) is 0 Å². The van der Waals surface area contributed by atoms with Gasteiger partial charge in [0, 0.05) is 13.1 Å². The van der Waals surface area contributed by atoms with E-state index in [2.05, 4.69) is 19.1 Å². The van der Waals surface area contributed by atoms with E-state index in [4.69, 9.17) is 4.74 Å². The molecule has 1 aliphatic heterocycles. The molecule has 17 heavy (non-hydrogen) atoms. The first-order valence-electron chi connectivity index (χ1n) is 6.57. The van der Waals surface area contributed by atoms with Crippen molar-refractivity contribution in [3.05, 3.63) is 12.2 Å². The molecular weight excluding hydrogens is 214 g/mol. The average molecular weight is 239 g/mol. The van der Waals surface area contributed by atoms with Crippen molar-refractivity contribution < 1.29 is 9.53 Å². The highest BCUT2D eigenvalue weighted by atomic mass is 16.6. The van der Waals surface area contributed by atoms with Gasteiger partial charge in [-0.25, -0.2) is 4.79 Å². The van der Waals surface area contributed by atoms with Gasteiger partial charge in [0.25, 0.3) is 0 Å². The number of hydrogen-bond donors (Lipinski definition) is 0. The molecule has 1 heterocycles. The highest BCUT2D eigenvalue weighted by Crippen LogP contribution is 2.20. The molecule has 0 aromatic rings. The number of ether oxygens (including phenoxy) is 1. The Morgan fingerprint density at radius 2 is 1.94 bits per heavy atom. The second-order valence-corrected chi connectivity index (χ2v) is 5.64. The molecule has 0 N–H and O–H groups in total. The zero-order valence-electron chi connectivity index (χ0n) is 11.5. The summed E-state index contributed by atoms with van der Waals surface area (Å²) >= 11 is 0. The van der Waals surface area contributed by atoms with Gasteiger partial charge in [0.05, 0.1) is 0 Å². The number of allylic oxidation sites excluding steroid dienone is 2. The predicted octanol–water partition coefficient (Wildman–Crippen LogP) is 3.60. The largest absolute Gasteiger partial charge is 0.444 e. The molecule has 0 aromatic heterocycles. The van der Waals surface area contributed by atoms with Crippen molar-refractivity contribution in [1.82, 2.24) is 4.90 Å². The van der Waals surface area contributed by atoms with Crippen LogP contribution in [0.1, 0.15) is 47.0 Å². The van der Waals surface area contributed by atoms with Crippen molar-refractivity contribution in [2.45, 2.75) is 52.6 Å². The van der Waals surface area contributed by atoms with Crippen LogP contribution in [0.5, 0.6) is 0 Å². The SMILES string of the molecule is CCC=CC1CCN(C(=O)OC(C)(C)C)CC1. The standard InChI is InChI=1S/C14H25NO2/c1-5-6-7-12-8-10-15(11-9-12)13(16)17-14(2,3)4/h6-7,12H,5,8-11H2,1-4H3. The van der Waals surface area contributed by atoms with Crippen molar-refractivity contribution in [3.8, 4) is 0 Å². The monoisotopic (exact) mass is 239 g/mol. The lowest BCUT2D eigenvalue weighted by Gasteiger charge is -2.32. The highest BCUT2D eigenvalue weighted by Gasteiger charge is 2.25. The molecule has 0 radical (unpaired) electrons. The summed E-state index contributed by atoms with van der Waals surface area (Å²) in [6.45, 7) is 9.48. The molecule has 0 unspecified atom stereocenters. The predicted molar refractivity (Wildman–Crippen MR) is 70.0 cm³/mol. The Labute approximate surface area is 105 Å². The molecule has 1 fully saturated rings. The van der Waals surface area contributed by atoms with Crippen LogP contribution in [0.15, 0.2) is 12.2 Å². The smallest absolute Gasteiger partial charge is 0.410 e. The lowest BCUT2D eigenvalue weighted by molar-refractivity contribution is 0.0197. The molecule has 98 valence electrons. The summed E-state index contributed by atoms with van der Waals surface area (Å²) in [6.07, 6.45) is 7.52. The minimum atomic E-state index is -0.393. The van der Waals surface area contributed by atoms with Crippen LogP contribution in [-0.4, -0.2) is 29.7 Å². The van der Waals surface area contributed by atoms with E-state index in [-0.39, 0.29) is 6.09 Å². The Morgan fingerprint density at radius 3 is 2.41 bits per heavy atom. The summed E-state index contributed by atoms with van der Waals surface area (Å²) in [4.78, 5) is 13.6. The Kier molecular flexibility index (Phi) is 5.03. The van der Waals surface area contributed by atoms with Crippen LogP contribution in [0.4, 0.5) is 4.79 Å². The van der Waals surface area contributed by atoms with Crippen LogP contribution in [0.3, 0.4) is 0 Å². The molecular formula is C14H25NO2. The van der Waals surface area contributed by atoms with Crippen LogP contribution in [0.2, 0.25) is 0 Å². The van der Waals surface area contributed by atoms with E-state index >= 15 is 0 Å². The number of piperidine rings is 1. The molecule has 0 aromatic carbocycles. The van der Waals surface area contributed by atoms with Gasteiger partial charge in [-0.2, -0.15) is 0 Å². The van der Waals surface area contributed by atoms with Gasteiger partial charge < -0.3 is 9.64 Å². The molecule has 3 nitrogen and oxygen atoms in total. The lowest BCUT2D eigenvalue weighted by Crippen LogP contribution is -2.41. The molecule has 1 saturated heterocycles. The Bertz CT molecular complexity index is 270. The summed E-state index contributed by atoms with van der Waals surface area (Å²) in [5.74, 6) is 0.633. The number of nitrogens with zero attached hydrogens (tertiary/aromatic N) is 1. The first kappa shape index (κ1) is 14.1. The van der Waals surface area contributed by atoms with Crippen molar-refractivity contribution >= 4 is 6.09 Å². The van der Waals surface area contributed by atoms with Crippen molar-refractivity contribution in [2.24, 2.45) is 5.92 Å². The summed E-state index contributed by atoms with van der Waals surface area (Å²) in [5.41, 5.74) is -0.393. The lowest BCUT2D eigenvalue weighted by atomic mass is 9.96. The Balaban J connectivity index is 2.36. The first-order chi connectivity index (χ1) is 7.92. The molecule has 0 atom stereocenters. The third-order valence-electron chi connectivity index (χ3n) is 2.84. The molecule has 3 heteroatoms. The highest BCUT2D eigenvalue weighted by molar-refractivity contribution is 5.68. The van der Waals surface area contributed by atoms with Gasteiger partial charge in [-0.3, -0.25) is 0 Å². The van der Waals surface area contributed by atoms with E-state index in [1.165, 1.54) is 0 Å². The number of amides is 1. The molecule has 1 aliphatic rings. The fourth-order valence-electron chi connectivity index (χ4n) is 1.93. The second kappa shape index (κ2) is 6.08. The van der Waals surface area contributed by atoms with Crippen LogP contribution >= 0.6 is 0 Å². The molecule has 0 aliphatic carbocycles. The van der Waals surface area contributed by atoms with Gasteiger partial charge in [0.15, 0.2) is 0 Å². The average Bonchev–Trinajstić information content (AvgIpc) is 2.24. The minimum Gasteiger partial charge on any atom is -0.444 e. The van der Waals surface area contributed by atoms with E-state index < -0.39 is 5.60 Å². The van der Waals surface area contributed by atoms with Crippen LogP contribution in [0, 0.1) is 5.92 Å². The maximum absolute atomic E-state index is 11.8. The van der Waals surface area contributed by atoms with Gasteiger partial charge >= 0.3 is 6.09 Å². The first-order valence-corrected chi connectivity index (χ1v) is 6.57. The van der Waals surface area contributed by atoms with Crippen molar-refractivity contribution in [2.75, 3.05) is 13.1 Å². The maximum atomic E-state index is 11.8. The van der Waals surface area contributed by atoms with E-state index in [0.29, 0.717) is 5.92 Å². The molecule has 0 bridgehead atoms. The summed E-state index contributed by atoms with van der Waals surface area (Å²) in [6, 6.07) is 0. The van der Waals surface area contributed by atoms with E-state index in [1.807, 2.05) is 25.7 Å². The number of likely N-dealkylation sites (tertiary alicyclic amines) is 1. The maximum Gasteiger partial charge on any atom is 0.410 e. The van der Waals surface area contributed by atoms with Crippen LogP contribution in [0.25, 0.3) is 0 Å². The third-order valence-corrected chi connectivity index (χ3v) is 2.84. The van der Waals surface area contributed by atoms with Gasteiger partial charge in [0.1, 0.15) is 5.60 Å². The van der Waals surface area contributed by atoms with Gasteiger partial charge in [-0.1, -0.05) is 19.1 Å². The normalized spacial score (nSPS) is 18.7. The molecule has 1 amide bonds. The number of carbonyl (C=O) groups excluding carboxylic acids is 1. The molecule has 0 saturated carbocycles. The number of rotatable bonds is 2. The minimum absolute atomic E-state index is 0.171. The van der Waals surface area contributed by atoms with Crippen molar-refractivity contribution in [3.63, 3.8) is 0 Å². The summed E-state index contributed by atoms with van der Waals surface area (Å²) in [5, 5.41) is 0. The second-order valence-electron chi connectivity index (χ2n) is 5.64.